The highest BCUT2D eigenvalue weighted by atomic mass is 32.1. The van der Waals surface area contributed by atoms with Gasteiger partial charge >= 0.3 is 0 Å². The van der Waals surface area contributed by atoms with Crippen molar-refractivity contribution in [2.75, 3.05) is 11.9 Å². The van der Waals surface area contributed by atoms with Gasteiger partial charge in [0, 0.05) is 30.5 Å². The first-order valence-corrected chi connectivity index (χ1v) is 7.44. The van der Waals surface area contributed by atoms with Gasteiger partial charge in [-0.25, -0.2) is 9.37 Å². The van der Waals surface area contributed by atoms with E-state index in [2.05, 4.69) is 4.98 Å². The summed E-state index contributed by atoms with van der Waals surface area (Å²) in [6, 6.07) is 6.73. The average molecular weight is 290 g/mol. The van der Waals surface area contributed by atoms with E-state index in [1.165, 1.54) is 6.07 Å². The Morgan fingerprint density at radius 2 is 2.15 bits per heavy atom. The fourth-order valence-electron chi connectivity index (χ4n) is 2.37. The summed E-state index contributed by atoms with van der Waals surface area (Å²) in [4.78, 5) is 19.2. The van der Waals surface area contributed by atoms with Gasteiger partial charge in [0.25, 0.3) is 0 Å². The normalized spacial score (nSPS) is 14.2. The summed E-state index contributed by atoms with van der Waals surface area (Å²) < 4.78 is 13.7. The van der Waals surface area contributed by atoms with Crippen molar-refractivity contribution >= 4 is 22.3 Å². The zero-order valence-corrected chi connectivity index (χ0v) is 12.0. The molecule has 0 unspecified atom stereocenters. The predicted octanol–water partition coefficient (Wildman–Crippen LogP) is 3.44. The van der Waals surface area contributed by atoms with E-state index in [4.69, 9.17) is 0 Å². The summed E-state index contributed by atoms with van der Waals surface area (Å²) in [7, 11) is 1.88. The topological polar surface area (TPSA) is 33.2 Å². The Labute approximate surface area is 121 Å². The lowest BCUT2D eigenvalue weighted by Crippen LogP contribution is -2.17. The second-order valence-corrected chi connectivity index (χ2v) is 6.05. The monoisotopic (exact) mass is 290 g/mol. The smallest absolute Gasteiger partial charge is 0.186 e. The molecule has 0 N–H and O–H groups in total. The number of hydrogen-bond donors (Lipinski definition) is 0. The van der Waals surface area contributed by atoms with Crippen molar-refractivity contribution in [1.82, 2.24) is 4.98 Å². The number of aryl methyl sites for hydroxylation is 1. The Morgan fingerprint density at radius 1 is 1.35 bits per heavy atom. The molecular weight excluding hydrogens is 275 g/mol. The number of ketones is 1. The molecule has 0 bridgehead atoms. The van der Waals surface area contributed by atoms with Crippen LogP contribution in [-0.4, -0.2) is 17.8 Å². The molecule has 20 heavy (non-hydrogen) atoms. The molecule has 5 heteroatoms. The number of thiazole rings is 1. The number of Topliss-reactive ketones (excluding diaryl/α,β-unsaturated/α-hetero) is 1. The Morgan fingerprint density at radius 3 is 2.90 bits per heavy atom. The van der Waals surface area contributed by atoms with Gasteiger partial charge in [-0.3, -0.25) is 4.79 Å². The van der Waals surface area contributed by atoms with Crippen LogP contribution in [0.4, 0.5) is 9.52 Å². The number of nitrogens with zero attached hydrogens (tertiary/aromatic N) is 2. The highest BCUT2D eigenvalue weighted by Gasteiger charge is 2.23. The number of carbonyl (C=O) groups excluding carboxylic acids is 1. The van der Waals surface area contributed by atoms with Gasteiger partial charge in [-0.05, 0) is 18.9 Å². The highest BCUT2D eigenvalue weighted by molar-refractivity contribution is 7.15. The molecule has 3 nitrogen and oxygen atoms in total. The number of anilines is 1. The number of hydrogen-bond acceptors (Lipinski definition) is 4. The first-order valence-electron chi connectivity index (χ1n) is 6.62. The Bertz CT molecular complexity index is 653. The van der Waals surface area contributed by atoms with Gasteiger partial charge in [0.1, 0.15) is 11.5 Å². The zero-order valence-electron chi connectivity index (χ0n) is 11.2. The van der Waals surface area contributed by atoms with Crippen LogP contribution in [0.25, 0.3) is 0 Å². The van der Waals surface area contributed by atoms with Crippen LogP contribution in [-0.2, 0) is 13.0 Å². The van der Waals surface area contributed by atoms with Crippen molar-refractivity contribution in [3.63, 3.8) is 0 Å². The van der Waals surface area contributed by atoms with Gasteiger partial charge in [-0.2, -0.15) is 0 Å². The van der Waals surface area contributed by atoms with Gasteiger partial charge < -0.3 is 4.90 Å². The van der Waals surface area contributed by atoms with Crippen molar-refractivity contribution in [3.05, 3.63) is 46.2 Å². The number of aromatic nitrogens is 1. The largest absolute Gasteiger partial charge is 0.347 e. The number of benzene rings is 1. The SMILES string of the molecule is CN(Cc1ccccc1F)c1nc2c(s1)CCCC2=O. The molecule has 0 spiro atoms. The molecule has 0 aliphatic heterocycles. The summed E-state index contributed by atoms with van der Waals surface area (Å²) in [5.74, 6) is -0.0789. The lowest BCUT2D eigenvalue weighted by molar-refractivity contribution is 0.0968. The van der Waals surface area contributed by atoms with Crippen LogP contribution >= 0.6 is 11.3 Å². The van der Waals surface area contributed by atoms with Crippen molar-refractivity contribution in [3.8, 4) is 0 Å². The highest BCUT2D eigenvalue weighted by Crippen LogP contribution is 2.31. The third kappa shape index (κ3) is 2.45. The van der Waals surface area contributed by atoms with Crippen LogP contribution < -0.4 is 4.90 Å². The van der Waals surface area contributed by atoms with E-state index in [1.807, 2.05) is 18.0 Å². The fourth-order valence-corrected chi connectivity index (χ4v) is 3.45. The van der Waals surface area contributed by atoms with Gasteiger partial charge in [0.15, 0.2) is 10.9 Å². The molecule has 0 atom stereocenters. The standard InChI is InChI=1S/C15H15FN2OS/c1-18(9-10-5-2-3-6-11(10)16)15-17-14-12(19)7-4-8-13(14)20-15/h2-3,5-6H,4,7-9H2,1H3. The van der Waals surface area contributed by atoms with Gasteiger partial charge in [0.2, 0.25) is 0 Å². The molecule has 1 aliphatic carbocycles. The van der Waals surface area contributed by atoms with Gasteiger partial charge in [-0.1, -0.05) is 18.2 Å². The minimum absolute atomic E-state index is 0.132. The van der Waals surface area contributed by atoms with Crippen molar-refractivity contribution in [1.29, 1.82) is 0 Å². The molecule has 1 aromatic carbocycles. The molecule has 3 rings (SSSR count). The maximum atomic E-state index is 13.7. The van der Waals surface area contributed by atoms with Crippen LogP contribution in [0.2, 0.25) is 0 Å². The van der Waals surface area contributed by atoms with Gasteiger partial charge in [-0.15, -0.1) is 11.3 Å². The lowest BCUT2D eigenvalue weighted by Gasteiger charge is -2.15. The Kier molecular flexibility index (Phi) is 3.53. The molecule has 0 saturated carbocycles. The maximum absolute atomic E-state index is 13.7. The molecule has 1 heterocycles. The summed E-state index contributed by atoms with van der Waals surface area (Å²) >= 11 is 1.54. The summed E-state index contributed by atoms with van der Waals surface area (Å²) in [6.45, 7) is 0.452. The van der Waals surface area contributed by atoms with E-state index in [0.29, 0.717) is 24.2 Å². The van der Waals surface area contributed by atoms with Crippen LogP contribution in [0.1, 0.15) is 33.8 Å². The van der Waals surface area contributed by atoms with E-state index in [1.54, 1.807) is 23.5 Å². The second-order valence-electron chi connectivity index (χ2n) is 4.99. The average Bonchev–Trinajstić information content (AvgIpc) is 2.87. The zero-order chi connectivity index (χ0) is 14.1. The minimum atomic E-state index is -0.211. The molecular formula is C15H15FN2OS. The molecule has 2 aromatic rings. The van der Waals surface area contributed by atoms with E-state index in [0.717, 1.165) is 22.9 Å². The molecule has 0 fully saturated rings. The molecule has 0 saturated heterocycles. The van der Waals surface area contributed by atoms with E-state index >= 15 is 0 Å². The van der Waals surface area contributed by atoms with Crippen LogP contribution in [0, 0.1) is 5.82 Å². The van der Waals surface area contributed by atoms with E-state index < -0.39 is 0 Å². The van der Waals surface area contributed by atoms with Gasteiger partial charge in [0.05, 0.1) is 0 Å². The van der Waals surface area contributed by atoms with Crippen molar-refractivity contribution in [2.45, 2.75) is 25.8 Å². The molecule has 0 radical (unpaired) electrons. The molecule has 0 amide bonds. The molecule has 104 valence electrons. The van der Waals surface area contributed by atoms with E-state index in [9.17, 15) is 9.18 Å². The third-order valence-electron chi connectivity index (χ3n) is 3.45. The van der Waals surface area contributed by atoms with Crippen molar-refractivity contribution in [2.24, 2.45) is 0 Å². The molecule has 1 aliphatic rings. The van der Waals surface area contributed by atoms with E-state index in [-0.39, 0.29) is 11.6 Å². The Hall–Kier alpha value is -1.75. The van der Waals surface area contributed by atoms with Crippen LogP contribution in [0.15, 0.2) is 24.3 Å². The second kappa shape index (κ2) is 5.32. The first-order chi connectivity index (χ1) is 9.65. The lowest BCUT2D eigenvalue weighted by atomic mass is 10.0. The number of halogens is 1. The number of fused-ring (bicyclic) bond motifs is 1. The minimum Gasteiger partial charge on any atom is -0.347 e. The third-order valence-corrected chi connectivity index (χ3v) is 4.68. The molecule has 1 aromatic heterocycles. The van der Waals surface area contributed by atoms with Crippen molar-refractivity contribution < 1.29 is 9.18 Å². The summed E-state index contributed by atoms with van der Waals surface area (Å²) in [5, 5.41) is 0.786. The maximum Gasteiger partial charge on any atom is 0.186 e. The first kappa shape index (κ1) is 13.2. The number of carbonyl (C=O) groups is 1. The summed E-state index contributed by atoms with van der Waals surface area (Å²) in [6.07, 6.45) is 2.42. The summed E-state index contributed by atoms with van der Waals surface area (Å²) in [5.41, 5.74) is 1.26. The van der Waals surface area contributed by atoms with Crippen LogP contribution in [0.5, 0.6) is 0 Å². The van der Waals surface area contributed by atoms with Crippen LogP contribution in [0.3, 0.4) is 0 Å². The Balaban J connectivity index is 1.83. The number of rotatable bonds is 3. The fraction of sp³-hybridized carbons (Fsp3) is 0.333. The predicted molar refractivity (Wildman–Crippen MR) is 77.9 cm³/mol. The quantitative estimate of drug-likeness (QED) is 0.868.